The number of nitrogens with two attached hydrogens (primary N) is 1. The first-order valence-electron chi connectivity index (χ1n) is 5.77. The minimum Gasteiger partial charge on any atom is -0.353 e. The molecule has 14 heavy (non-hydrogen) atoms. The quantitative estimate of drug-likeness (QED) is 0.544. The van der Waals surface area contributed by atoms with E-state index in [0.29, 0.717) is 6.10 Å². The van der Waals surface area contributed by atoms with Gasteiger partial charge in [0.1, 0.15) is 25.7 Å². The summed E-state index contributed by atoms with van der Waals surface area (Å²) in [6, 6.07) is 0. The normalized spacial score (nSPS) is 30.2. The average Bonchev–Trinajstić information content (AvgIpc) is 2.79. The van der Waals surface area contributed by atoms with Gasteiger partial charge in [0, 0.05) is 12.8 Å². The van der Waals surface area contributed by atoms with Gasteiger partial charge in [0.15, 0.2) is 5.79 Å². The van der Waals surface area contributed by atoms with Crippen molar-refractivity contribution >= 4 is 0 Å². The van der Waals surface area contributed by atoms with E-state index in [4.69, 9.17) is 9.47 Å². The van der Waals surface area contributed by atoms with E-state index in [9.17, 15) is 0 Å². The van der Waals surface area contributed by atoms with E-state index in [0.717, 1.165) is 39.1 Å². The van der Waals surface area contributed by atoms with E-state index in [1.807, 2.05) is 0 Å². The van der Waals surface area contributed by atoms with Gasteiger partial charge in [-0.2, -0.15) is 0 Å². The Hall–Kier alpha value is -0.160. The molecule has 1 spiro atoms. The molecule has 0 bridgehead atoms. The summed E-state index contributed by atoms with van der Waals surface area (Å²) in [6.45, 7) is 3.89. The standard InChI is InChI=1S/C10H20N2O2/c11-5-6-12-7-9-8-13-10(14-9)3-1-2-4-10/h9,12H,1-8,11H2/p+2/t9-/m0/s1. The second kappa shape index (κ2) is 4.57. The van der Waals surface area contributed by atoms with Crippen LogP contribution in [0.2, 0.25) is 0 Å². The highest BCUT2D eigenvalue weighted by atomic mass is 16.7. The zero-order valence-electron chi connectivity index (χ0n) is 8.84. The van der Waals surface area contributed by atoms with Gasteiger partial charge in [0.05, 0.1) is 6.61 Å². The molecule has 0 aromatic carbocycles. The van der Waals surface area contributed by atoms with Crippen LogP contribution in [0.4, 0.5) is 0 Å². The van der Waals surface area contributed by atoms with Crippen molar-refractivity contribution in [3.8, 4) is 0 Å². The summed E-state index contributed by atoms with van der Waals surface area (Å²) in [7, 11) is 0. The zero-order chi connectivity index (χ0) is 9.86. The third-order valence-corrected chi connectivity index (χ3v) is 3.12. The topological polar surface area (TPSA) is 62.7 Å². The minimum absolute atomic E-state index is 0.178. The van der Waals surface area contributed by atoms with Crippen molar-refractivity contribution in [1.29, 1.82) is 0 Å². The molecule has 0 amide bonds. The van der Waals surface area contributed by atoms with Gasteiger partial charge in [-0.3, -0.25) is 0 Å². The van der Waals surface area contributed by atoms with Crippen LogP contribution in [0.1, 0.15) is 25.7 Å². The number of rotatable bonds is 4. The molecule has 0 unspecified atom stereocenters. The summed E-state index contributed by atoms with van der Waals surface area (Å²) >= 11 is 0. The smallest absolute Gasteiger partial charge is 0.169 e. The zero-order valence-corrected chi connectivity index (χ0v) is 8.84. The van der Waals surface area contributed by atoms with Gasteiger partial charge < -0.3 is 20.5 Å². The molecule has 2 aliphatic rings. The Morgan fingerprint density at radius 3 is 2.86 bits per heavy atom. The van der Waals surface area contributed by atoms with Crippen LogP contribution in [0.15, 0.2) is 0 Å². The first kappa shape index (κ1) is 10.4. The van der Waals surface area contributed by atoms with Gasteiger partial charge in [-0.05, 0) is 12.8 Å². The summed E-state index contributed by atoms with van der Waals surface area (Å²) < 4.78 is 11.8. The molecule has 0 radical (unpaired) electrons. The number of quaternary nitrogens is 2. The maximum absolute atomic E-state index is 5.98. The van der Waals surface area contributed by atoms with E-state index < -0.39 is 0 Å². The highest BCUT2D eigenvalue weighted by molar-refractivity contribution is 4.83. The van der Waals surface area contributed by atoms with Crippen molar-refractivity contribution in [2.45, 2.75) is 37.6 Å². The second-order valence-corrected chi connectivity index (χ2v) is 4.34. The van der Waals surface area contributed by atoms with E-state index in [2.05, 4.69) is 11.1 Å². The predicted molar refractivity (Wildman–Crippen MR) is 51.4 cm³/mol. The largest absolute Gasteiger partial charge is 0.353 e. The van der Waals surface area contributed by atoms with Gasteiger partial charge in [0.25, 0.3) is 0 Å². The van der Waals surface area contributed by atoms with E-state index in [-0.39, 0.29) is 5.79 Å². The minimum atomic E-state index is -0.178. The predicted octanol–water partition coefficient (Wildman–Crippen LogP) is -1.52. The Morgan fingerprint density at radius 2 is 2.14 bits per heavy atom. The number of ether oxygens (including phenoxy) is 2. The maximum Gasteiger partial charge on any atom is 0.169 e. The molecule has 1 aliphatic carbocycles. The Morgan fingerprint density at radius 1 is 1.36 bits per heavy atom. The molecule has 1 saturated carbocycles. The molecule has 5 N–H and O–H groups in total. The monoisotopic (exact) mass is 202 g/mol. The summed E-state index contributed by atoms with van der Waals surface area (Å²) in [5.41, 5.74) is 3.82. The molecule has 2 fully saturated rings. The van der Waals surface area contributed by atoms with Crippen LogP contribution in [0.3, 0.4) is 0 Å². The lowest BCUT2D eigenvalue weighted by atomic mass is 10.2. The number of hydrogen-bond donors (Lipinski definition) is 2. The Bertz CT molecular complexity index is 181. The van der Waals surface area contributed by atoms with Crippen LogP contribution >= 0.6 is 0 Å². The van der Waals surface area contributed by atoms with Gasteiger partial charge in [-0.25, -0.2) is 0 Å². The highest BCUT2D eigenvalue weighted by Gasteiger charge is 2.43. The SMILES string of the molecule is [NH3+]CC[NH2+]C[C@H]1COC2(CCCC2)O1. The third kappa shape index (κ3) is 2.25. The van der Waals surface area contributed by atoms with Crippen molar-refractivity contribution in [3.63, 3.8) is 0 Å². The fourth-order valence-electron chi connectivity index (χ4n) is 2.36. The summed E-state index contributed by atoms with van der Waals surface area (Å²) in [5, 5.41) is 2.27. The van der Waals surface area contributed by atoms with Crippen LogP contribution in [-0.4, -0.2) is 38.1 Å². The Kier molecular flexibility index (Phi) is 3.38. The highest BCUT2D eigenvalue weighted by Crippen LogP contribution is 2.38. The molecule has 0 aromatic heterocycles. The lowest BCUT2D eigenvalue weighted by Gasteiger charge is -2.21. The molecule has 1 aliphatic heterocycles. The summed E-state index contributed by atoms with van der Waals surface area (Å²) in [4.78, 5) is 0. The van der Waals surface area contributed by atoms with Crippen molar-refractivity contribution in [3.05, 3.63) is 0 Å². The van der Waals surface area contributed by atoms with Gasteiger partial charge in [-0.1, -0.05) is 0 Å². The van der Waals surface area contributed by atoms with Crippen molar-refractivity contribution in [2.75, 3.05) is 26.2 Å². The van der Waals surface area contributed by atoms with Gasteiger partial charge in [0.2, 0.25) is 0 Å². The lowest BCUT2D eigenvalue weighted by Crippen LogP contribution is -2.89. The van der Waals surface area contributed by atoms with Gasteiger partial charge in [-0.15, -0.1) is 0 Å². The van der Waals surface area contributed by atoms with Crippen LogP contribution in [0.5, 0.6) is 0 Å². The molecule has 4 heteroatoms. The fourth-order valence-corrected chi connectivity index (χ4v) is 2.36. The third-order valence-electron chi connectivity index (χ3n) is 3.12. The van der Waals surface area contributed by atoms with Crippen molar-refractivity contribution < 1.29 is 20.5 Å². The van der Waals surface area contributed by atoms with Crippen LogP contribution in [0, 0.1) is 0 Å². The van der Waals surface area contributed by atoms with E-state index in [1.54, 1.807) is 0 Å². The molecule has 4 nitrogen and oxygen atoms in total. The van der Waals surface area contributed by atoms with E-state index >= 15 is 0 Å². The van der Waals surface area contributed by atoms with Crippen LogP contribution in [0.25, 0.3) is 0 Å². The molecule has 1 atom stereocenters. The lowest BCUT2D eigenvalue weighted by molar-refractivity contribution is -0.675. The van der Waals surface area contributed by atoms with Crippen molar-refractivity contribution in [1.82, 2.24) is 0 Å². The average molecular weight is 202 g/mol. The molecular weight excluding hydrogens is 180 g/mol. The fraction of sp³-hybridized carbons (Fsp3) is 1.00. The van der Waals surface area contributed by atoms with Crippen molar-refractivity contribution in [2.24, 2.45) is 0 Å². The molecular formula is C10H22N2O2+2. The molecule has 1 saturated heterocycles. The van der Waals surface area contributed by atoms with Crippen LogP contribution in [-0.2, 0) is 9.47 Å². The van der Waals surface area contributed by atoms with E-state index in [1.165, 1.54) is 12.8 Å². The molecule has 2 rings (SSSR count). The Labute approximate surface area is 85.1 Å². The first-order chi connectivity index (χ1) is 6.85. The first-order valence-corrected chi connectivity index (χ1v) is 5.77. The van der Waals surface area contributed by atoms with Crippen LogP contribution < -0.4 is 11.1 Å². The summed E-state index contributed by atoms with van der Waals surface area (Å²) in [5.74, 6) is -0.178. The molecule has 1 heterocycles. The Balaban J connectivity index is 1.71. The number of hydrogen-bond acceptors (Lipinski definition) is 2. The maximum atomic E-state index is 5.98. The summed E-state index contributed by atoms with van der Waals surface area (Å²) in [6.07, 6.45) is 5.02. The molecule has 0 aromatic rings. The second-order valence-electron chi connectivity index (χ2n) is 4.34. The molecule has 82 valence electrons. The van der Waals surface area contributed by atoms with Gasteiger partial charge >= 0.3 is 0 Å².